The summed E-state index contributed by atoms with van der Waals surface area (Å²) in [4.78, 5) is 0. The summed E-state index contributed by atoms with van der Waals surface area (Å²) < 4.78 is 0. The van der Waals surface area contributed by atoms with Gasteiger partial charge < -0.3 is 0 Å². The van der Waals surface area contributed by atoms with Gasteiger partial charge in [0.25, 0.3) is 0 Å². The van der Waals surface area contributed by atoms with Gasteiger partial charge in [0.15, 0.2) is 0 Å². The third-order valence-corrected chi connectivity index (χ3v) is 0. The van der Waals surface area contributed by atoms with Gasteiger partial charge in [0.1, 0.15) is 0 Å². The molecule has 0 nitrogen and oxygen atoms in total. The molecule has 3 heteroatoms. The summed E-state index contributed by atoms with van der Waals surface area (Å²) in [6.45, 7) is 4.25. The molecule has 0 bridgehead atoms. The van der Waals surface area contributed by atoms with Gasteiger partial charge in [-0.3, -0.25) is 0 Å². The van der Waals surface area contributed by atoms with Gasteiger partial charge >= 0.3 is 37.7 Å². The fraction of sp³-hybridized carbons (Fsp3) is 1.00. The van der Waals surface area contributed by atoms with E-state index in [4.69, 9.17) is 17.2 Å². The van der Waals surface area contributed by atoms with Crippen LogP contribution in [0, 0.1) is 0 Å². The van der Waals surface area contributed by atoms with Crippen molar-refractivity contribution in [3.63, 3.8) is 0 Å². The van der Waals surface area contributed by atoms with Crippen LogP contribution in [0.3, 0.4) is 0 Å². The maximum absolute atomic E-state index is 4.97. The van der Waals surface area contributed by atoms with Crippen molar-refractivity contribution in [2.24, 2.45) is 0 Å². The number of halogens is 2. The van der Waals surface area contributed by atoms with Crippen molar-refractivity contribution < 1.29 is 0 Å². The van der Waals surface area contributed by atoms with Crippen molar-refractivity contribution in [2.75, 3.05) is 0 Å². The summed E-state index contributed by atoms with van der Waals surface area (Å²) in [5.74, 6) is 0. The van der Waals surface area contributed by atoms with Crippen LogP contribution in [0.1, 0.15) is 20.3 Å². The van der Waals surface area contributed by atoms with Crippen LogP contribution in [-0.4, -0.2) is 20.5 Å². The molecule has 0 rings (SSSR count). The van der Waals surface area contributed by atoms with E-state index in [0.29, 0.717) is 0 Å². The zero-order valence-electron chi connectivity index (χ0n) is 4.17. The van der Waals surface area contributed by atoms with Gasteiger partial charge in [0.05, 0.1) is 0 Å². The molecule has 0 saturated carbocycles. The SMILES string of the molecule is CCC.[Cl][InH][Cl]. The molecule has 38 valence electrons. The number of hydrogen-bond acceptors (Lipinski definition) is 0. The third-order valence-electron chi connectivity index (χ3n) is 0. The Labute approximate surface area is 57.7 Å². The van der Waals surface area contributed by atoms with Gasteiger partial charge in [-0.25, -0.2) is 0 Å². The fourth-order valence-electron chi connectivity index (χ4n) is 0. The quantitative estimate of drug-likeness (QED) is 0.599. The Balaban J connectivity index is 0. The standard InChI is InChI=1S/C3H8.2ClH.In.H/c1-3-2;;;;/h3H2,1-2H3;2*1H;;/q;;;+2;/p-2. The van der Waals surface area contributed by atoms with Crippen LogP contribution in [0.15, 0.2) is 0 Å². The van der Waals surface area contributed by atoms with Gasteiger partial charge in [0, 0.05) is 0 Å². The molecular formula is C3H9Cl2In. The van der Waals surface area contributed by atoms with Gasteiger partial charge in [-0.15, -0.1) is 0 Å². The summed E-state index contributed by atoms with van der Waals surface area (Å²) in [7, 11) is 9.95. The first-order valence-corrected chi connectivity index (χ1v) is 12.2. The van der Waals surface area contributed by atoms with Crippen LogP contribution < -0.4 is 0 Å². The first kappa shape index (κ1) is 10.4. The molecule has 0 aromatic rings. The second-order valence-corrected chi connectivity index (χ2v) is 6.81. The monoisotopic (exact) mass is 230 g/mol. The number of hydrogen-bond donors (Lipinski definition) is 0. The van der Waals surface area contributed by atoms with Gasteiger partial charge in [-0.2, -0.15) is 0 Å². The zero-order valence-corrected chi connectivity index (χ0v) is 9.72. The molecule has 0 N–H and O–H groups in total. The fourth-order valence-corrected chi connectivity index (χ4v) is 0. The minimum atomic E-state index is -1.07. The van der Waals surface area contributed by atoms with Crippen LogP contribution in [0.5, 0.6) is 0 Å². The average Bonchev–Trinajstić information content (AvgIpc) is 1.39. The molecule has 0 aromatic heterocycles. The second kappa shape index (κ2) is 16.1. The van der Waals surface area contributed by atoms with Crippen LogP contribution in [0.2, 0.25) is 0 Å². The molecule has 0 spiro atoms. The van der Waals surface area contributed by atoms with E-state index in [0.717, 1.165) is 0 Å². The first-order valence-electron chi connectivity index (χ1n) is 1.95. The van der Waals surface area contributed by atoms with Crippen molar-refractivity contribution in [1.82, 2.24) is 0 Å². The Hall–Kier alpha value is 1.45. The molecule has 0 unspecified atom stereocenters. The topological polar surface area (TPSA) is 0 Å². The summed E-state index contributed by atoms with van der Waals surface area (Å²) >= 11 is -1.07. The summed E-state index contributed by atoms with van der Waals surface area (Å²) in [6.07, 6.45) is 1.25. The average molecular weight is 231 g/mol. The zero-order chi connectivity index (χ0) is 5.41. The van der Waals surface area contributed by atoms with Crippen molar-refractivity contribution >= 4 is 37.7 Å². The predicted octanol–water partition coefficient (Wildman–Crippen LogP) is 2.15. The van der Waals surface area contributed by atoms with Crippen molar-refractivity contribution in [3.8, 4) is 0 Å². The van der Waals surface area contributed by atoms with E-state index in [1.54, 1.807) is 0 Å². The van der Waals surface area contributed by atoms with E-state index >= 15 is 0 Å². The Morgan fingerprint density at radius 3 is 1.33 bits per heavy atom. The molecule has 0 aliphatic carbocycles. The molecular weight excluding hydrogens is 222 g/mol. The van der Waals surface area contributed by atoms with Crippen LogP contribution in [0.25, 0.3) is 0 Å². The third kappa shape index (κ3) is 51.3. The summed E-state index contributed by atoms with van der Waals surface area (Å²) in [5, 5.41) is 0. The van der Waals surface area contributed by atoms with Gasteiger partial charge in [-0.1, -0.05) is 20.3 Å². The van der Waals surface area contributed by atoms with E-state index in [1.165, 1.54) is 6.42 Å². The molecule has 0 aliphatic rings. The molecule has 0 amide bonds. The Kier molecular flexibility index (Phi) is 28.0. The normalized spacial score (nSPS) is 5.33. The summed E-state index contributed by atoms with van der Waals surface area (Å²) in [6, 6.07) is 0. The molecule has 0 aromatic carbocycles. The predicted molar refractivity (Wildman–Crippen MR) is 34.8 cm³/mol. The van der Waals surface area contributed by atoms with Crippen molar-refractivity contribution in [3.05, 3.63) is 0 Å². The Morgan fingerprint density at radius 1 is 1.33 bits per heavy atom. The van der Waals surface area contributed by atoms with Crippen LogP contribution in [0.4, 0.5) is 0 Å². The van der Waals surface area contributed by atoms with E-state index in [1.807, 2.05) is 0 Å². The molecule has 0 aliphatic heterocycles. The second-order valence-electron chi connectivity index (χ2n) is 0.808. The molecule has 0 fully saturated rings. The molecule has 6 heavy (non-hydrogen) atoms. The van der Waals surface area contributed by atoms with Crippen LogP contribution in [-0.2, 0) is 0 Å². The Bertz CT molecular complexity index is 10.8. The molecule has 0 saturated heterocycles. The first-order chi connectivity index (χ1) is 2.83. The molecule has 0 heterocycles. The summed E-state index contributed by atoms with van der Waals surface area (Å²) in [5.41, 5.74) is 0. The minimum absolute atomic E-state index is 1.07. The van der Waals surface area contributed by atoms with Crippen molar-refractivity contribution in [2.45, 2.75) is 20.3 Å². The van der Waals surface area contributed by atoms with E-state index < -0.39 is 20.5 Å². The molecule has 0 atom stereocenters. The van der Waals surface area contributed by atoms with E-state index in [2.05, 4.69) is 13.8 Å². The molecule has 0 radical (unpaired) electrons. The van der Waals surface area contributed by atoms with E-state index in [9.17, 15) is 0 Å². The van der Waals surface area contributed by atoms with Gasteiger partial charge in [0.2, 0.25) is 0 Å². The number of rotatable bonds is 0. The maximum atomic E-state index is 4.97. The Morgan fingerprint density at radius 2 is 1.33 bits per heavy atom. The van der Waals surface area contributed by atoms with Gasteiger partial charge in [-0.05, 0) is 0 Å². The van der Waals surface area contributed by atoms with Crippen molar-refractivity contribution in [1.29, 1.82) is 0 Å². The van der Waals surface area contributed by atoms with Crippen LogP contribution >= 0.6 is 17.2 Å². The van der Waals surface area contributed by atoms with E-state index in [-0.39, 0.29) is 0 Å².